The molecule has 1 amide bonds. The van der Waals surface area contributed by atoms with E-state index in [2.05, 4.69) is 5.32 Å². The lowest BCUT2D eigenvalue weighted by molar-refractivity contribution is 0.102. The molecular formula is C16H12Cl2N2O. The van der Waals surface area contributed by atoms with E-state index in [0.717, 1.165) is 10.9 Å². The van der Waals surface area contributed by atoms with Gasteiger partial charge < -0.3 is 9.88 Å². The molecule has 1 heterocycles. The number of halogens is 2. The highest BCUT2D eigenvalue weighted by Gasteiger charge is 2.10. The third-order valence-corrected chi connectivity index (χ3v) is 3.89. The standard InChI is InChI=1S/C16H12Cl2N2O/c1-20-7-6-10-8-11(2-5-15(10)20)16(21)19-14-9-12(17)3-4-13(14)18/h2-9H,1H3,(H,19,21). The van der Waals surface area contributed by atoms with Gasteiger partial charge in [0, 0.05) is 34.7 Å². The SMILES string of the molecule is Cn1ccc2cc(C(=O)Nc3cc(Cl)ccc3Cl)ccc21. The molecule has 0 atom stereocenters. The molecule has 2 aromatic carbocycles. The number of aromatic nitrogens is 1. The maximum Gasteiger partial charge on any atom is 0.255 e. The summed E-state index contributed by atoms with van der Waals surface area (Å²) in [7, 11) is 1.97. The summed E-state index contributed by atoms with van der Waals surface area (Å²) < 4.78 is 2.00. The first-order valence-corrected chi connectivity index (χ1v) is 7.12. The van der Waals surface area contributed by atoms with Crippen molar-refractivity contribution in [1.29, 1.82) is 0 Å². The number of hydrogen-bond acceptors (Lipinski definition) is 1. The number of nitrogens with zero attached hydrogens (tertiary/aromatic N) is 1. The Labute approximate surface area is 132 Å². The number of rotatable bonds is 2. The summed E-state index contributed by atoms with van der Waals surface area (Å²) in [6, 6.07) is 12.5. The fraction of sp³-hybridized carbons (Fsp3) is 0.0625. The topological polar surface area (TPSA) is 34.0 Å². The van der Waals surface area contributed by atoms with Gasteiger partial charge in [0.2, 0.25) is 0 Å². The van der Waals surface area contributed by atoms with Crippen LogP contribution in [0.15, 0.2) is 48.7 Å². The van der Waals surface area contributed by atoms with Crippen molar-refractivity contribution in [3.05, 3.63) is 64.3 Å². The van der Waals surface area contributed by atoms with Crippen molar-refractivity contribution < 1.29 is 4.79 Å². The normalized spacial score (nSPS) is 10.8. The Morgan fingerprint density at radius 1 is 1.10 bits per heavy atom. The monoisotopic (exact) mass is 318 g/mol. The van der Waals surface area contributed by atoms with Crippen molar-refractivity contribution in [2.45, 2.75) is 0 Å². The number of nitrogens with one attached hydrogen (secondary N) is 1. The van der Waals surface area contributed by atoms with E-state index in [0.29, 0.717) is 21.3 Å². The number of aryl methyl sites for hydroxylation is 1. The number of hydrogen-bond donors (Lipinski definition) is 1. The Bertz CT molecular complexity index is 839. The predicted molar refractivity (Wildman–Crippen MR) is 87.3 cm³/mol. The molecule has 0 fully saturated rings. The molecule has 0 aliphatic carbocycles. The summed E-state index contributed by atoms with van der Waals surface area (Å²) in [4.78, 5) is 12.3. The second-order valence-electron chi connectivity index (χ2n) is 4.78. The van der Waals surface area contributed by atoms with Crippen molar-refractivity contribution >= 4 is 45.7 Å². The van der Waals surface area contributed by atoms with Gasteiger partial charge >= 0.3 is 0 Å². The Hall–Kier alpha value is -1.97. The molecule has 3 nitrogen and oxygen atoms in total. The molecule has 3 aromatic rings. The maximum atomic E-state index is 12.3. The smallest absolute Gasteiger partial charge is 0.255 e. The first-order valence-electron chi connectivity index (χ1n) is 6.36. The maximum absolute atomic E-state index is 12.3. The van der Waals surface area contributed by atoms with Crippen LogP contribution < -0.4 is 5.32 Å². The Morgan fingerprint density at radius 2 is 1.90 bits per heavy atom. The molecule has 1 aromatic heterocycles. The van der Waals surface area contributed by atoms with Gasteiger partial charge in [-0.15, -0.1) is 0 Å². The molecule has 0 saturated carbocycles. The summed E-state index contributed by atoms with van der Waals surface area (Å²) >= 11 is 12.0. The highest BCUT2D eigenvalue weighted by atomic mass is 35.5. The second kappa shape index (κ2) is 5.43. The van der Waals surface area contributed by atoms with E-state index >= 15 is 0 Å². The average Bonchev–Trinajstić information content (AvgIpc) is 2.84. The van der Waals surface area contributed by atoms with Crippen molar-refractivity contribution in [2.75, 3.05) is 5.32 Å². The third kappa shape index (κ3) is 2.75. The number of anilines is 1. The van der Waals surface area contributed by atoms with Crippen LogP contribution in [0, 0.1) is 0 Å². The lowest BCUT2D eigenvalue weighted by Crippen LogP contribution is -2.12. The molecule has 5 heteroatoms. The number of amides is 1. The van der Waals surface area contributed by atoms with Crippen molar-refractivity contribution in [1.82, 2.24) is 4.57 Å². The van der Waals surface area contributed by atoms with Crippen LogP contribution in [0.2, 0.25) is 10.0 Å². The fourth-order valence-corrected chi connectivity index (χ4v) is 2.55. The minimum absolute atomic E-state index is 0.218. The van der Waals surface area contributed by atoms with Crippen molar-refractivity contribution in [2.24, 2.45) is 7.05 Å². The number of carbonyl (C=O) groups excluding carboxylic acids is 1. The Balaban J connectivity index is 1.91. The quantitative estimate of drug-likeness (QED) is 0.727. The average molecular weight is 319 g/mol. The molecule has 0 saturated heterocycles. The number of fused-ring (bicyclic) bond motifs is 1. The van der Waals surface area contributed by atoms with Crippen molar-refractivity contribution in [3.8, 4) is 0 Å². The molecule has 0 radical (unpaired) electrons. The van der Waals surface area contributed by atoms with Gasteiger partial charge in [0.1, 0.15) is 0 Å². The summed E-state index contributed by atoms with van der Waals surface area (Å²) in [5.74, 6) is -0.218. The van der Waals surface area contributed by atoms with Crippen LogP contribution in [0.1, 0.15) is 10.4 Å². The zero-order valence-electron chi connectivity index (χ0n) is 11.2. The molecule has 1 N–H and O–H groups in total. The summed E-state index contributed by atoms with van der Waals surface area (Å²) in [5, 5.41) is 4.77. The van der Waals surface area contributed by atoms with E-state index < -0.39 is 0 Å². The molecule has 0 spiro atoms. The molecule has 0 bridgehead atoms. The van der Waals surface area contributed by atoms with Gasteiger partial charge in [-0.25, -0.2) is 0 Å². The van der Waals surface area contributed by atoms with Crippen LogP contribution >= 0.6 is 23.2 Å². The van der Waals surface area contributed by atoms with Crippen LogP contribution in [0.3, 0.4) is 0 Å². The van der Waals surface area contributed by atoms with Crippen LogP contribution in [0.5, 0.6) is 0 Å². The first-order chi connectivity index (χ1) is 10.0. The fourth-order valence-electron chi connectivity index (χ4n) is 2.21. The van der Waals surface area contributed by atoms with Crippen LogP contribution in [0.4, 0.5) is 5.69 Å². The van der Waals surface area contributed by atoms with E-state index in [4.69, 9.17) is 23.2 Å². The number of benzene rings is 2. The van der Waals surface area contributed by atoms with Gasteiger partial charge in [-0.05, 0) is 42.5 Å². The van der Waals surface area contributed by atoms with Crippen LogP contribution in [0.25, 0.3) is 10.9 Å². The molecular weight excluding hydrogens is 307 g/mol. The van der Waals surface area contributed by atoms with E-state index in [1.165, 1.54) is 0 Å². The highest BCUT2D eigenvalue weighted by molar-refractivity contribution is 6.35. The van der Waals surface area contributed by atoms with Gasteiger partial charge in [0.05, 0.1) is 10.7 Å². The molecule has 21 heavy (non-hydrogen) atoms. The molecule has 0 unspecified atom stereocenters. The van der Waals surface area contributed by atoms with E-state index in [1.54, 1.807) is 24.3 Å². The number of carbonyl (C=O) groups is 1. The van der Waals surface area contributed by atoms with Crippen molar-refractivity contribution in [3.63, 3.8) is 0 Å². The minimum Gasteiger partial charge on any atom is -0.351 e. The third-order valence-electron chi connectivity index (χ3n) is 3.32. The molecule has 106 valence electrons. The van der Waals surface area contributed by atoms with E-state index in [-0.39, 0.29) is 5.91 Å². The lowest BCUT2D eigenvalue weighted by Gasteiger charge is -2.08. The molecule has 0 aliphatic heterocycles. The molecule has 3 rings (SSSR count). The van der Waals surface area contributed by atoms with Gasteiger partial charge in [0.15, 0.2) is 0 Å². The van der Waals surface area contributed by atoms with Gasteiger partial charge in [-0.2, -0.15) is 0 Å². The predicted octanol–water partition coefficient (Wildman–Crippen LogP) is 4.74. The van der Waals surface area contributed by atoms with Crippen LogP contribution in [-0.2, 0) is 7.05 Å². The first kappa shape index (κ1) is 14.0. The highest BCUT2D eigenvalue weighted by Crippen LogP contribution is 2.26. The largest absolute Gasteiger partial charge is 0.351 e. The molecule has 0 aliphatic rings. The van der Waals surface area contributed by atoms with E-state index in [1.807, 2.05) is 36.0 Å². The van der Waals surface area contributed by atoms with Crippen LogP contribution in [-0.4, -0.2) is 10.5 Å². The second-order valence-corrected chi connectivity index (χ2v) is 5.62. The minimum atomic E-state index is -0.218. The summed E-state index contributed by atoms with van der Waals surface area (Å²) in [6.45, 7) is 0. The Morgan fingerprint density at radius 3 is 2.71 bits per heavy atom. The van der Waals surface area contributed by atoms with Gasteiger partial charge in [-0.3, -0.25) is 4.79 Å². The van der Waals surface area contributed by atoms with Gasteiger partial charge in [0.25, 0.3) is 5.91 Å². The zero-order valence-corrected chi connectivity index (χ0v) is 12.7. The summed E-state index contributed by atoms with van der Waals surface area (Å²) in [6.07, 6.45) is 1.96. The van der Waals surface area contributed by atoms with Gasteiger partial charge in [-0.1, -0.05) is 23.2 Å². The summed E-state index contributed by atoms with van der Waals surface area (Å²) in [5.41, 5.74) is 2.15. The lowest BCUT2D eigenvalue weighted by atomic mass is 10.1. The Kier molecular flexibility index (Phi) is 3.62. The van der Waals surface area contributed by atoms with E-state index in [9.17, 15) is 4.79 Å². The zero-order chi connectivity index (χ0) is 15.0.